The lowest BCUT2D eigenvalue weighted by molar-refractivity contribution is -0.137. The highest BCUT2D eigenvalue weighted by molar-refractivity contribution is 7.19. The third-order valence-corrected chi connectivity index (χ3v) is 6.88. The second-order valence-corrected chi connectivity index (χ2v) is 8.90. The number of Topliss-reactive ketones (excluding diaryl/α,β-unsaturated/α-hetero) is 1. The van der Waals surface area contributed by atoms with E-state index in [9.17, 15) is 14.7 Å². The largest absolute Gasteiger partial charge is 0.481 e. The first-order valence-corrected chi connectivity index (χ1v) is 11.0. The molecule has 0 radical (unpaired) electrons. The maximum atomic E-state index is 12.5. The molecule has 0 saturated heterocycles. The van der Waals surface area contributed by atoms with Gasteiger partial charge in [0.25, 0.3) is 0 Å². The Labute approximate surface area is 175 Å². The minimum atomic E-state index is -0.773. The van der Waals surface area contributed by atoms with Crippen molar-refractivity contribution in [2.24, 2.45) is 11.8 Å². The van der Waals surface area contributed by atoms with Crippen molar-refractivity contribution in [1.82, 2.24) is 0 Å². The van der Waals surface area contributed by atoms with Crippen LogP contribution in [-0.4, -0.2) is 22.0 Å². The Hall–Kier alpha value is -2.24. The van der Waals surface area contributed by atoms with Crippen LogP contribution >= 0.6 is 11.3 Å². The number of aliphatic carboxylic acids is 1. The fourth-order valence-corrected chi connectivity index (χ4v) is 5.15. The number of hydrogen-bond donors (Lipinski definition) is 2. The fraction of sp³-hybridized carbons (Fsp3) is 0.417. The van der Waals surface area contributed by atoms with Crippen LogP contribution in [0.25, 0.3) is 10.1 Å². The SMILES string of the molecule is C=C1CC(=O)[C@H](CC[C@@H](O)c2cc3ccccc3s2)[C@H]1C/C=C\CCCC(=O)O. The number of aliphatic hydroxyl groups is 1. The molecule has 5 heteroatoms. The number of unbranched alkanes of at least 4 members (excludes halogenated alkanes) is 1. The van der Waals surface area contributed by atoms with E-state index < -0.39 is 12.1 Å². The number of carbonyl (C=O) groups is 2. The molecule has 2 N–H and O–H groups in total. The predicted octanol–water partition coefficient (Wildman–Crippen LogP) is 5.68. The Morgan fingerprint density at radius 3 is 2.83 bits per heavy atom. The van der Waals surface area contributed by atoms with E-state index in [1.54, 1.807) is 11.3 Å². The molecule has 0 spiro atoms. The smallest absolute Gasteiger partial charge is 0.303 e. The molecule has 0 unspecified atom stereocenters. The molecule has 1 aliphatic rings. The lowest BCUT2D eigenvalue weighted by Crippen LogP contribution is -2.16. The average molecular weight is 413 g/mol. The van der Waals surface area contributed by atoms with Crippen LogP contribution in [0.4, 0.5) is 0 Å². The van der Waals surface area contributed by atoms with Crippen molar-refractivity contribution < 1.29 is 19.8 Å². The molecule has 3 atom stereocenters. The summed E-state index contributed by atoms with van der Waals surface area (Å²) in [6.45, 7) is 4.10. The number of hydrogen-bond acceptors (Lipinski definition) is 4. The van der Waals surface area contributed by atoms with Crippen LogP contribution in [0.2, 0.25) is 0 Å². The van der Waals surface area contributed by atoms with E-state index >= 15 is 0 Å². The second kappa shape index (κ2) is 9.99. The number of rotatable bonds is 10. The lowest BCUT2D eigenvalue weighted by atomic mass is 9.86. The topological polar surface area (TPSA) is 74.6 Å². The zero-order valence-electron chi connectivity index (χ0n) is 16.5. The van der Waals surface area contributed by atoms with Crippen LogP contribution in [0.3, 0.4) is 0 Å². The van der Waals surface area contributed by atoms with Gasteiger partial charge in [0.05, 0.1) is 6.10 Å². The molecule has 1 aromatic heterocycles. The lowest BCUT2D eigenvalue weighted by Gasteiger charge is -2.19. The van der Waals surface area contributed by atoms with Crippen LogP contribution in [0.15, 0.2) is 54.6 Å². The number of aliphatic hydroxyl groups excluding tert-OH is 1. The molecule has 1 aromatic carbocycles. The number of fused-ring (bicyclic) bond motifs is 1. The standard InChI is InChI=1S/C24H28O4S/c1-16-14-21(26)19(18(16)9-4-2-3-5-11-24(27)28)12-13-20(25)23-15-17-8-6-7-10-22(17)29-23/h2,4,6-8,10,15,18-20,25H,1,3,5,9,11-14H2,(H,27,28)/b4-2-/t18-,19+,20+/m0/s1. The molecular weight excluding hydrogens is 384 g/mol. The summed E-state index contributed by atoms with van der Waals surface area (Å²) in [6, 6.07) is 10.1. The first kappa shape index (κ1) is 21.5. The number of allylic oxidation sites excluding steroid dienone is 3. The molecule has 1 saturated carbocycles. The summed E-state index contributed by atoms with van der Waals surface area (Å²) in [7, 11) is 0. The molecule has 0 aliphatic heterocycles. The highest BCUT2D eigenvalue weighted by Gasteiger charge is 2.36. The Balaban J connectivity index is 1.54. The minimum Gasteiger partial charge on any atom is -0.481 e. The van der Waals surface area contributed by atoms with Crippen LogP contribution in [0.5, 0.6) is 0 Å². The highest BCUT2D eigenvalue weighted by atomic mass is 32.1. The molecule has 4 nitrogen and oxygen atoms in total. The van der Waals surface area contributed by atoms with E-state index in [2.05, 4.69) is 12.6 Å². The van der Waals surface area contributed by atoms with E-state index in [-0.39, 0.29) is 24.0 Å². The van der Waals surface area contributed by atoms with Gasteiger partial charge in [-0.25, -0.2) is 0 Å². The van der Waals surface area contributed by atoms with Gasteiger partial charge in [0, 0.05) is 28.3 Å². The number of ketones is 1. The molecule has 154 valence electrons. The van der Waals surface area contributed by atoms with Gasteiger partial charge in [0.2, 0.25) is 0 Å². The maximum absolute atomic E-state index is 12.5. The Kier molecular flexibility index (Phi) is 7.40. The molecule has 3 rings (SSSR count). The molecule has 29 heavy (non-hydrogen) atoms. The summed E-state index contributed by atoms with van der Waals surface area (Å²) in [6.07, 6.45) is 7.44. The monoisotopic (exact) mass is 412 g/mol. The Morgan fingerprint density at radius 2 is 2.07 bits per heavy atom. The molecule has 0 amide bonds. The molecule has 1 fully saturated rings. The quantitative estimate of drug-likeness (QED) is 0.389. The third kappa shape index (κ3) is 5.64. The van der Waals surface area contributed by atoms with E-state index in [1.807, 2.05) is 36.4 Å². The Bertz CT molecular complexity index is 877. The van der Waals surface area contributed by atoms with Gasteiger partial charge in [-0.2, -0.15) is 0 Å². The van der Waals surface area contributed by atoms with Crippen molar-refractivity contribution in [2.75, 3.05) is 0 Å². The van der Waals surface area contributed by atoms with Gasteiger partial charge in [0.15, 0.2) is 0 Å². The van der Waals surface area contributed by atoms with Crippen LogP contribution in [0.1, 0.15) is 55.9 Å². The molecule has 1 aliphatic carbocycles. The second-order valence-electron chi connectivity index (χ2n) is 7.79. The summed E-state index contributed by atoms with van der Waals surface area (Å²) >= 11 is 1.61. The molecule has 2 aromatic rings. The molecular formula is C24H28O4S. The van der Waals surface area contributed by atoms with Gasteiger partial charge >= 0.3 is 5.97 Å². The molecule has 0 bridgehead atoms. The summed E-state index contributed by atoms with van der Waals surface area (Å²) in [5.41, 5.74) is 0.978. The highest BCUT2D eigenvalue weighted by Crippen LogP contribution is 2.40. The third-order valence-electron chi connectivity index (χ3n) is 5.67. The van der Waals surface area contributed by atoms with E-state index in [0.717, 1.165) is 33.4 Å². The van der Waals surface area contributed by atoms with Gasteiger partial charge in [-0.05, 0) is 55.5 Å². The number of carboxylic acids is 1. The van der Waals surface area contributed by atoms with Gasteiger partial charge in [-0.1, -0.05) is 42.5 Å². The molecule has 1 heterocycles. The van der Waals surface area contributed by atoms with E-state index in [1.165, 1.54) is 0 Å². The van der Waals surface area contributed by atoms with Crippen LogP contribution < -0.4 is 0 Å². The normalized spacial score (nSPS) is 20.7. The number of carboxylic acid groups (broad SMARTS) is 1. The minimum absolute atomic E-state index is 0.0878. The van der Waals surface area contributed by atoms with Crippen molar-refractivity contribution in [2.45, 2.75) is 51.0 Å². The fourth-order valence-electron chi connectivity index (χ4n) is 4.07. The zero-order chi connectivity index (χ0) is 20.8. The zero-order valence-corrected chi connectivity index (χ0v) is 17.4. The first-order chi connectivity index (χ1) is 14.0. The van der Waals surface area contributed by atoms with E-state index in [0.29, 0.717) is 25.7 Å². The van der Waals surface area contributed by atoms with Crippen molar-refractivity contribution in [1.29, 1.82) is 0 Å². The maximum Gasteiger partial charge on any atom is 0.303 e. The summed E-state index contributed by atoms with van der Waals surface area (Å²) < 4.78 is 1.16. The van der Waals surface area contributed by atoms with Crippen molar-refractivity contribution in [3.05, 3.63) is 59.5 Å². The first-order valence-electron chi connectivity index (χ1n) is 10.2. The van der Waals surface area contributed by atoms with Crippen LogP contribution in [-0.2, 0) is 9.59 Å². The summed E-state index contributed by atoms with van der Waals surface area (Å²) in [5, 5.41) is 20.5. The van der Waals surface area contributed by atoms with Crippen molar-refractivity contribution >= 4 is 33.2 Å². The number of thiophene rings is 1. The average Bonchev–Trinajstić information content (AvgIpc) is 3.23. The summed E-state index contributed by atoms with van der Waals surface area (Å²) in [4.78, 5) is 24.0. The summed E-state index contributed by atoms with van der Waals surface area (Å²) in [5.74, 6) is -0.517. The van der Waals surface area contributed by atoms with E-state index in [4.69, 9.17) is 5.11 Å². The van der Waals surface area contributed by atoms with Gasteiger partial charge in [0.1, 0.15) is 5.78 Å². The Morgan fingerprint density at radius 1 is 1.28 bits per heavy atom. The van der Waals surface area contributed by atoms with Crippen molar-refractivity contribution in [3.63, 3.8) is 0 Å². The number of benzene rings is 1. The van der Waals surface area contributed by atoms with Gasteiger partial charge in [-0.15, -0.1) is 11.3 Å². The van der Waals surface area contributed by atoms with Crippen molar-refractivity contribution in [3.8, 4) is 0 Å². The number of carbonyl (C=O) groups excluding carboxylic acids is 1. The predicted molar refractivity (Wildman–Crippen MR) is 117 cm³/mol. The van der Waals surface area contributed by atoms with Crippen LogP contribution in [0, 0.1) is 11.8 Å². The van der Waals surface area contributed by atoms with Gasteiger partial charge < -0.3 is 10.2 Å². The van der Waals surface area contributed by atoms with Gasteiger partial charge in [-0.3, -0.25) is 9.59 Å².